The minimum atomic E-state index is -3.45. The fraction of sp³-hybridized carbons (Fsp3) is 0.409. The number of carbonyl (C=O) groups excluding carboxylic acids is 1. The van der Waals surface area contributed by atoms with Crippen LogP contribution in [0.5, 0.6) is 0 Å². The highest BCUT2D eigenvalue weighted by Crippen LogP contribution is 2.21. The number of anilines is 2. The molecule has 3 rings (SSSR count). The van der Waals surface area contributed by atoms with E-state index < -0.39 is 10.0 Å². The first-order valence-electron chi connectivity index (χ1n) is 10.2. The van der Waals surface area contributed by atoms with Gasteiger partial charge in [-0.2, -0.15) is 0 Å². The van der Waals surface area contributed by atoms with Crippen molar-refractivity contribution in [3.05, 3.63) is 59.1 Å². The number of carbonyl (C=O) groups is 1. The third kappa shape index (κ3) is 7.12. The zero-order chi connectivity index (χ0) is 22.3. The van der Waals surface area contributed by atoms with Crippen LogP contribution in [0.3, 0.4) is 0 Å². The maximum atomic E-state index is 12.2. The van der Waals surface area contributed by atoms with Gasteiger partial charge in [-0.05, 0) is 48.4 Å². The number of amides is 1. The molecule has 9 heteroatoms. The van der Waals surface area contributed by atoms with E-state index in [0.717, 1.165) is 43.8 Å². The molecule has 1 N–H and O–H groups in total. The van der Waals surface area contributed by atoms with Crippen molar-refractivity contribution in [3.8, 4) is 0 Å². The molecule has 0 aromatic heterocycles. The van der Waals surface area contributed by atoms with Crippen molar-refractivity contribution in [1.29, 1.82) is 0 Å². The van der Waals surface area contributed by atoms with Crippen LogP contribution in [0.25, 0.3) is 0 Å². The molecule has 0 unspecified atom stereocenters. The molecule has 1 aliphatic heterocycles. The summed E-state index contributed by atoms with van der Waals surface area (Å²) >= 11 is 5.88. The van der Waals surface area contributed by atoms with Gasteiger partial charge in [0.1, 0.15) is 0 Å². The second kappa shape index (κ2) is 10.8. The summed E-state index contributed by atoms with van der Waals surface area (Å²) in [5.74, 6) is -0.109. The van der Waals surface area contributed by atoms with Crippen LogP contribution in [0.2, 0.25) is 5.02 Å². The van der Waals surface area contributed by atoms with Crippen molar-refractivity contribution in [1.82, 2.24) is 5.32 Å². The number of sulfonamides is 1. The first-order valence-corrected chi connectivity index (χ1v) is 12.5. The van der Waals surface area contributed by atoms with Crippen molar-refractivity contribution in [2.75, 3.05) is 48.3 Å². The summed E-state index contributed by atoms with van der Waals surface area (Å²) in [6, 6.07) is 14.7. The average Bonchev–Trinajstić information content (AvgIpc) is 2.76. The number of nitrogens with zero attached hydrogens (tertiary/aromatic N) is 2. The molecule has 0 aliphatic carbocycles. The number of rotatable bonds is 9. The minimum Gasteiger partial charge on any atom is -0.378 e. The number of ether oxygens (including phenoxy) is 1. The number of benzene rings is 2. The monoisotopic (exact) mass is 465 g/mol. The molecule has 2 aromatic carbocycles. The molecule has 0 bridgehead atoms. The van der Waals surface area contributed by atoms with Crippen molar-refractivity contribution in [3.63, 3.8) is 0 Å². The van der Waals surface area contributed by atoms with Crippen LogP contribution >= 0.6 is 11.6 Å². The topological polar surface area (TPSA) is 79.0 Å². The van der Waals surface area contributed by atoms with Gasteiger partial charge in [-0.25, -0.2) is 8.42 Å². The van der Waals surface area contributed by atoms with Gasteiger partial charge in [-0.1, -0.05) is 23.7 Å². The van der Waals surface area contributed by atoms with Crippen LogP contribution in [0.4, 0.5) is 11.4 Å². The number of hydrogen-bond donors (Lipinski definition) is 1. The molecule has 1 amide bonds. The number of morpholine rings is 1. The maximum absolute atomic E-state index is 12.2. The van der Waals surface area contributed by atoms with Gasteiger partial charge in [0.25, 0.3) is 0 Å². The zero-order valence-corrected chi connectivity index (χ0v) is 19.2. The molecule has 1 heterocycles. The predicted octanol–water partition coefficient (Wildman–Crippen LogP) is 3.04. The van der Waals surface area contributed by atoms with E-state index in [1.165, 1.54) is 4.31 Å². The summed E-state index contributed by atoms with van der Waals surface area (Å²) < 4.78 is 30.9. The molecule has 0 spiro atoms. The van der Waals surface area contributed by atoms with E-state index in [1.54, 1.807) is 24.3 Å². The first-order chi connectivity index (χ1) is 14.8. The molecule has 1 fully saturated rings. The lowest BCUT2D eigenvalue weighted by molar-refractivity contribution is -0.121. The molecule has 2 aromatic rings. The molecule has 0 radical (unpaired) electrons. The lowest BCUT2D eigenvalue weighted by Crippen LogP contribution is -2.36. The highest BCUT2D eigenvalue weighted by molar-refractivity contribution is 7.92. The van der Waals surface area contributed by atoms with E-state index in [9.17, 15) is 13.2 Å². The maximum Gasteiger partial charge on any atom is 0.232 e. The zero-order valence-electron chi connectivity index (χ0n) is 17.6. The lowest BCUT2D eigenvalue weighted by atomic mass is 10.2. The third-order valence-electron chi connectivity index (χ3n) is 5.08. The number of nitrogens with one attached hydrogen (secondary N) is 1. The second-order valence-electron chi connectivity index (χ2n) is 7.46. The Hall–Kier alpha value is -2.29. The Morgan fingerprint density at radius 1 is 1.10 bits per heavy atom. The molecular weight excluding hydrogens is 438 g/mol. The van der Waals surface area contributed by atoms with Gasteiger partial charge in [-0.15, -0.1) is 0 Å². The van der Waals surface area contributed by atoms with Crippen LogP contribution in [-0.2, 0) is 26.1 Å². The van der Waals surface area contributed by atoms with Gasteiger partial charge in [0.15, 0.2) is 0 Å². The first kappa shape index (κ1) is 23.4. The van der Waals surface area contributed by atoms with E-state index in [1.807, 2.05) is 12.1 Å². The van der Waals surface area contributed by atoms with Crippen LogP contribution in [0.15, 0.2) is 48.5 Å². The van der Waals surface area contributed by atoms with Gasteiger partial charge in [0.2, 0.25) is 15.9 Å². The molecule has 7 nitrogen and oxygen atoms in total. The fourth-order valence-electron chi connectivity index (χ4n) is 3.41. The predicted molar refractivity (Wildman–Crippen MR) is 124 cm³/mol. The summed E-state index contributed by atoms with van der Waals surface area (Å²) in [4.78, 5) is 14.5. The van der Waals surface area contributed by atoms with E-state index in [2.05, 4.69) is 22.3 Å². The van der Waals surface area contributed by atoms with Crippen molar-refractivity contribution < 1.29 is 17.9 Å². The molecule has 0 atom stereocenters. The standard InChI is InChI=1S/C22H28ClN3O4S/c1-31(28,29)26(21-10-6-19(23)7-11-21)12-2-3-22(27)24-17-18-4-8-20(9-5-18)25-13-15-30-16-14-25/h4-11H,2-3,12-17H2,1H3,(H,24,27). The normalized spacial score (nSPS) is 14.3. The molecule has 1 aliphatic rings. The quantitative estimate of drug-likeness (QED) is 0.615. The van der Waals surface area contributed by atoms with Crippen LogP contribution in [-0.4, -0.2) is 53.4 Å². The smallest absolute Gasteiger partial charge is 0.232 e. The van der Waals surface area contributed by atoms with Gasteiger partial charge in [0.05, 0.1) is 25.2 Å². The molecular formula is C22H28ClN3O4S. The lowest BCUT2D eigenvalue weighted by Gasteiger charge is -2.28. The Balaban J connectivity index is 1.45. The van der Waals surface area contributed by atoms with Gasteiger partial charge in [-0.3, -0.25) is 9.10 Å². The van der Waals surface area contributed by atoms with Gasteiger partial charge < -0.3 is 15.0 Å². The summed E-state index contributed by atoms with van der Waals surface area (Å²) in [6.45, 7) is 3.92. The Morgan fingerprint density at radius 3 is 2.35 bits per heavy atom. The Labute approximate surface area is 189 Å². The Kier molecular flexibility index (Phi) is 8.17. The summed E-state index contributed by atoms with van der Waals surface area (Å²) in [5, 5.41) is 3.44. The molecule has 168 valence electrons. The van der Waals surface area contributed by atoms with Crippen LogP contribution in [0, 0.1) is 0 Å². The van der Waals surface area contributed by atoms with Crippen molar-refractivity contribution >= 4 is 38.9 Å². The van der Waals surface area contributed by atoms with E-state index in [4.69, 9.17) is 16.3 Å². The fourth-order valence-corrected chi connectivity index (χ4v) is 4.50. The highest BCUT2D eigenvalue weighted by Gasteiger charge is 2.17. The third-order valence-corrected chi connectivity index (χ3v) is 6.53. The highest BCUT2D eigenvalue weighted by atomic mass is 35.5. The second-order valence-corrected chi connectivity index (χ2v) is 9.80. The molecule has 31 heavy (non-hydrogen) atoms. The van der Waals surface area contributed by atoms with Crippen molar-refractivity contribution in [2.45, 2.75) is 19.4 Å². The van der Waals surface area contributed by atoms with Crippen molar-refractivity contribution in [2.24, 2.45) is 0 Å². The Bertz CT molecular complexity index is 959. The van der Waals surface area contributed by atoms with Crippen LogP contribution in [0.1, 0.15) is 18.4 Å². The van der Waals surface area contributed by atoms with E-state index in [-0.39, 0.29) is 18.9 Å². The number of halogens is 1. The molecule has 0 saturated carbocycles. The van der Waals surface area contributed by atoms with Crippen LogP contribution < -0.4 is 14.5 Å². The Morgan fingerprint density at radius 2 is 1.74 bits per heavy atom. The number of hydrogen-bond acceptors (Lipinski definition) is 5. The summed E-state index contributed by atoms with van der Waals surface area (Å²) in [5.41, 5.74) is 2.71. The van der Waals surface area contributed by atoms with E-state index in [0.29, 0.717) is 23.7 Å². The van der Waals surface area contributed by atoms with Gasteiger partial charge in [0, 0.05) is 43.3 Å². The minimum absolute atomic E-state index is 0.109. The van der Waals surface area contributed by atoms with Gasteiger partial charge >= 0.3 is 0 Å². The largest absolute Gasteiger partial charge is 0.378 e. The SMILES string of the molecule is CS(=O)(=O)N(CCCC(=O)NCc1ccc(N2CCOCC2)cc1)c1ccc(Cl)cc1. The van der Waals surface area contributed by atoms with E-state index >= 15 is 0 Å². The summed E-state index contributed by atoms with van der Waals surface area (Å²) in [6.07, 6.45) is 1.81. The molecule has 1 saturated heterocycles. The summed E-state index contributed by atoms with van der Waals surface area (Å²) in [7, 11) is -3.45. The average molecular weight is 466 g/mol.